The molecular weight excluding hydrogens is 331 g/mol. The molecule has 0 aliphatic rings. The largest absolute Gasteiger partial charge is 0.337 e. The predicted octanol–water partition coefficient (Wildman–Crippen LogP) is 4.17. The summed E-state index contributed by atoms with van der Waals surface area (Å²) in [7, 11) is 0. The van der Waals surface area contributed by atoms with Crippen LogP contribution < -0.4 is 10.6 Å². The van der Waals surface area contributed by atoms with E-state index in [-0.39, 0.29) is 5.91 Å². The van der Waals surface area contributed by atoms with Gasteiger partial charge in [0.25, 0.3) is 0 Å². The van der Waals surface area contributed by atoms with Gasteiger partial charge in [0.15, 0.2) is 0 Å². The number of halogens is 3. The Bertz CT molecular complexity index is 421. The molecule has 0 saturated heterocycles. The van der Waals surface area contributed by atoms with Crippen LogP contribution in [-0.4, -0.2) is 15.9 Å². The number of hydrogen-bond donors (Lipinski definition) is 2. The van der Waals surface area contributed by atoms with Gasteiger partial charge in [-0.05, 0) is 12.0 Å². The van der Waals surface area contributed by atoms with Gasteiger partial charge in [-0.2, -0.15) is 0 Å². The van der Waals surface area contributed by atoms with Gasteiger partial charge in [-0.25, -0.2) is 0 Å². The molecule has 2 N–H and O–H groups in total. The zero-order valence-electron chi connectivity index (χ0n) is 12.0. The predicted molar refractivity (Wildman–Crippen MR) is 89.6 cm³/mol. The van der Waals surface area contributed by atoms with E-state index in [1.54, 1.807) is 0 Å². The number of amides is 1. The van der Waals surface area contributed by atoms with E-state index in [0.29, 0.717) is 13.0 Å². The van der Waals surface area contributed by atoms with Gasteiger partial charge in [-0.1, -0.05) is 84.9 Å². The van der Waals surface area contributed by atoms with Crippen LogP contribution in [0, 0.1) is 0 Å². The van der Waals surface area contributed by atoms with Crippen molar-refractivity contribution in [1.29, 1.82) is 0 Å². The van der Waals surface area contributed by atoms with Gasteiger partial charge in [0, 0.05) is 13.0 Å². The SMILES string of the molecule is CCCCCC(=O)NC(NCc1ccccc1)C(Cl)(Cl)Cl. The van der Waals surface area contributed by atoms with E-state index in [0.717, 1.165) is 24.8 Å². The van der Waals surface area contributed by atoms with E-state index in [9.17, 15) is 4.79 Å². The molecule has 0 fully saturated rings. The zero-order chi connectivity index (χ0) is 15.7. The van der Waals surface area contributed by atoms with Crippen LogP contribution in [0.1, 0.15) is 38.2 Å². The van der Waals surface area contributed by atoms with E-state index >= 15 is 0 Å². The molecule has 6 heteroatoms. The molecule has 118 valence electrons. The lowest BCUT2D eigenvalue weighted by molar-refractivity contribution is -0.122. The molecular formula is C15H21Cl3N2O. The number of carbonyl (C=O) groups is 1. The van der Waals surface area contributed by atoms with Crippen LogP contribution in [0.15, 0.2) is 30.3 Å². The Morgan fingerprint density at radius 2 is 1.86 bits per heavy atom. The molecule has 1 aromatic carbocycles. The summed E-state index contributed by atoms with van der Waals surface area (Å²) in [5, 5.41) is 5.81. The maximum atomic E-state index is 11.9. The summed E-state index contributed by atoms with van der Waals surface area (Å²) >= 11 is 17.8. The van der Waals surface area contributed by atoms with Crippen LogP contribution in [-0.2, 0) is 11.3 Å². The Morgan fingerprint density at radius 3 is 2.43 bits per heavy atom. The number of benzene rings is 1. The number of rotatable bonds is 8. The summed E-state index contributed by atoms with van der Waals surface area (Å²) in [4.78, 5) is 11.9. The molecule has 0 heterocycles. The van der Waals surface area contributed by atoms with Gasteiger partial charge in [-0.15, -0.1) is 0 Å². The van der Waals surface area contributed by atoms with Crippen molar-refractivity contribution in [1.82, 2.24) is 10.6 Å². The third kappa shape index (κ3) is 7.91. The lowest BCUT2D eigenvalue weighted by Crippen LogP contribution is -2.53. The van der Waals surface area contributed by atoms with E-state index < -0.39 is 9.96 Å². The average molecular weight is 352 g/mol. The van der Waals surface area contributed by atoms with Crippen LogP contribution in [0.25, 0.3) is 0 Å². The molecule has 1 unspecified atom stereocenters. The van der Waals surface area contributed by atoms with E-state index in [1.165, 1.54) is 0 Å². The Morgan fingerprint density at radius 1 is 1.19 bits per heavy atom. The Hall–Kier alpha value is -0.480. The van der Waals surface area contributed by atoms with Crippen LogP contribution >= 0.6 is 34.8 Å². The van der Waals surface area contributed by atoms with Crippen LogP contribution in [0.4, 0.5) is 0 Å². The van der Waals surface area contributed by atoms with Crippen molar-refractivity contribution < 1.29 is 4.79 Å². The highest BCUT2D eigenvalue weighted by Gasteiger charge is 2.33. The van der Waals surface area contributed by atoms with E-state index in [2.05, 4.69) is 17.6 Å². The van der Waals surface area contributed by atoms with Crippen LogP contribution in [0.5, 0.6) is 0 Å². The number of carbonyl (C=O) groups excluding carboxylic acids is 1. The minimum Gasteiger partial charge on any atom is -0.337 e. The maximum Gasteiger partial charge on any atom is 0.223 e. The summed E-state index contributed by atoms with van der Waals surface area (Å²) < 4.78 is -1.60. The lowest BCUT2D eigenvalue weighted by Gasteiger charge is -2.26. The Kier molecular flexibility index (Phi) is 8.42. The third-order valence-electron chi connectivity index (χ3n) is 2.99. The molecule has 1 aromatic rings. The normalized spacial score (nSPS) is 13.0. The van der Waals surface area contributed by atoms with Crippen LogP contribution in [0.3, 0.4) is 0 Å². The van der Waals surface area contributed by atoms with Crippen molar-refractivity contribution >= 4 is 40.7 Å². The fraction of sp³-hybridized carbons (Fsp3) is 0.533. The maximum absolute atomic E-state index is 11.9. The van der Waals surface area contributed by atoms with Crippen molar-refractivity contribution in [2.75, 3.05) is 0 Å². The minimum absolute atomic E-state index is 0.111. The fourth-order valence-corrected chi connectivity index (χ4v) is 2.23. The molecule has 0 bridgehead atoms. The highest BCUT2D eigenvalue weighted by Crippen LogP contribution is 2.29. The van der Waals surface area contributed by atoms with Gasteiger partial charge >= 0.3 is 0 Å². The van der Waals surface area contributed by atoms with Crippen molar-refractivity contribution in [2.24, 2.45) is 0 Å². The Labute approximate surface area is 141 Å². The number of hydrogen-bond acceptors (Lipinski definition) is 2. The first-order chi connectivity index (χ1) is 9.93. The second-order valence-electron chi connectivity index (χ2n) is 4.87. The first kappa shape index (κ1) is 18.6. The molecule has 0 spiro atoms. The summed E-state index contributed by atoms with van der Waals surface area (Å²) in [6.45, 7) is 2.60. The third-order valence-corrected chi connectivity index (χ3v) is 3.65. The van der Waals surface area contributed by atoms with E-state index in [4.69, 9.17) is 34.8 Å². The topological polar surface area (TPSA) is 41.1 Å². The van der Waals surface area contributed by atoms with Crippen molar-refractivity contribution in [3.8, 4) is 0 Å². The van der Waals surface area contributed by atoms with Crippen molar-refractivity contribution in [2.45, 2.75) is 49.1 Å². The zero-order valence-corrected chi connectivity index (χ0v) is 14.3. The smallest absolute Gasteiger partial charge is 0.223 e. The van der Waals surface area contributed by atoms with Gasteiger partial charge in [0.05, 0.1) is 0 Å². The molecule has 0 aliphatic carbocycles. The number of alkyl halides is 3. The van der Waals surface area contributed by atoms with Gasteiger partial charge in [0.2, 0.25) is 9.70 Å². The highest BCUT2D eigenvalue weighted by atomic mass is 35.6. The highest BCUT2D eigenvalue weighted by molar-refractivity contribution is 6.68. The first-order valence-corrected chi connectivity index (χ1v) is 8.20. The molecule has 0 aromatic heterocycles. The Balaban J connectivity index is 2.50. The number of unbranched alkanes of at least 4 members (excludes halogenated alkanes) is 2. The van der Waals surface area contributed by atoms with E-state index in [1.807, 2.05) is 30.3 Å². The molecule has 3 nitrogen and oxygen atoms in total. The first-order valence-electron chi connectivity index (χ1n) is 7.07. The fourth-order valence-electron chi connectivity index (χ4n) is 1.83. The average Bonchev–Trinajstić information content (AvgIpc) is 2.43. The minimum atomic E-state index is -1.60. The molecule has 21 heavy (non-hydrogen) atoms. The van der Waals surface area contributed by atoms with Gasteiger partial charge < -0.3 is 5.32 Å². The molecule has 0 aliphatic heterocycles. The van der Waals surface area contributed by atoms with Crippen molar-refractivity contribution in [3.05, 3.63) is 35.9 Å². The summed E-state index contributed by atoms with van der Waals surface area (Å²) in [5.74, 6) is -0.111. The summed E-state index contributed by atoms with van der Waals surface area (Å²) in [5.41, 5.74) is 1.05. The molecule has 1 atom stereocenters. The second-order valence-corrected chi connectivity index (χ2v) is 7.23. The molecule has 0 radical (unpaired) electrons. The lowest BCUT2D eigenvalue weighted by atomic mass is 10.2. The second kappa shape index (κ2) is 9.52. The molecule has 1 rings (SSSR count). The van der Waals surface area contributed by atoms with Crippen molar-refractivity contribution in [3.63, 3.8) is 0 Å². The summed E-state index contributed by atoms with van der Waals surface area (Å²) in [6, 6.07) is 9.73. The van der Waals surface area contributed by atoms with Gasteiger partial charge in [0.1, 0.15) is 6.17 Å². The quantitative estimate of drug-likeness (QED) is 0.419. The molecule has 0 saturated carbocycles. The molecule has 1 amide bonds. The number of nitrogens with one attached hydrogen (secondary N) is 2. The van der Waals surface area contributed by atoms with Gasteiger partial charge in [-0.3, -0.25) is 10.1 Å². The summed E-state index contributed by atoms with van der Waals surface area (Å²) in [6.07, 6.45) is 2.64. The standard InChI is InChI=1S/C15H21Cl3N2O/c1-2-3-5-10-13(21)20-14(15(16,17)18)19-11-12-8-6-4-7-9-12/h4,6-9,14,19H,2-3,5,10-11H2,1H3,(H,20,21). The monoisotopic (exact) mass is 350 g/mol. The van der Waals surface area contributed by atoms with Crippen LogP contribution in [0.2, 0.25) is 0 Å².